The van der Waals surface area contributed by atoms with E-state index in [0.717, 1.165) is 32.1 Å². The minimum Gasteiger partial charge on any atom is -0.496 e. The van der Waals surface area contributed by atoms with Crippen LogP contribution in [0.15, 0.2) is 24.3 Å². The Morgan fingerprint density at radius 2 is 1.79 bits per heavy atom. The maximum atomic E-state index is 13.0. The Kier molecular flexibility index (Phi) is 6.59. The lowest BCUT2D eigenvalue weighted by atomic mass is 9.93. The second kappa shape index (κ2) is 8.94. The van der Waals surface area contributed by atoms with Crippen LogP contribution in [0.1, 0.15) is 48.9 Å². The van der Waals surface area contributed by atoms with Gasteiger partial charge in [0.05, 0.1) is 18.6 Å². The second-order valence-corrected chi connectivity index (χ2v) is 9.65. The number of ether oxygens (including phenoxy) is 2. The van der Waals surface area contributed by atoms with Crippen molar-refractivity contribution in [2.75, 3.05) is 25.2 Å². The average Bonchev–Trinajstić information content (AvgIpc) is 3.06. The Hall–Kier alpha value is -2.09. The number of amides is 1. The van der Waals surface area contributed by atoms with E-state index in [-0.39, 0.29) is 35.1 Å². The molecule has 2 fully saturated rings. The van der Waals surface area contributed by atoms with E-state index in [1.165, 1.54) is 7.11 Å². The fraction of sp³-hybridized carbons (Fsp3) is 0.600. The van der Waals surface area contributed by atoms with E-state index in [1.807, 2.05) is 0 Å². The molecule has 0 aromatic heterocycles. The average molecular weight is 410 g/mol. The number of para-hydroxylation sites is 1. The molecule has 0 radical (unpaired) electrons. The van der Waals surface area contributed by atoms with Crippen LogP contribution in [0, 0.1) is 0 Å². The van der Waals surface area contributed by atoms with E-state index in [1.54, 1.807) is 29.2 Å². The molecule has 28 heavy (non-hydrogen) atoms. The van der Waals surface area contributed by atoms with Gasteiger partial charge >= 0.3 is 5.97 Å². The quantitative estimate of drug-likeness (QED) is 0.669. The standard InChI is InChI=1S/C20H27NO6S/c1-26-18-10-6-5-9-17(18)20(23)27-13-19(22)21(15-7-3-2-4-8-15)16-11-12-28(24,25)14-16/h5-6,9-10,15-16H,2-4,7-8,11-14H2,1H3/t16-/m0/s1. The van der Waals surface area contributed by atoms with Crippen LogP contribution in [0.3, 0.4) is 0 Å². The molecule has 8 heteroatoms. The van der Waals surface area contributed by atoms with Crippen molar-refractivity contribution < 1.29 is 27.5 Å². The molecule has 3 rings (SSSR count). The van der Waals surface area contributed by atoms with E-state index < -0.39 is 22.4 Å². The number of sulfone groups is 1. The Labute approximate surface area is 165 Å². The number of carbonyl (C=O) groups is 2. The first-order valence-electron chi connectivity index (χ1n) is 9.73. The summed E-state index contributed by atoms with van der Waals surface area (Å²) in [4.78, 5) is 27.0. The number of benzene rings is 1. The largest absolute Gasteiger partial charge is 0.496 e. The molecule has 1 aromatic carbocycles. The lowest BCUT2D eigenvalue weighted by Gasteiger charge is -2.38. The summed E-state index contributed by atoms with van der Waals surface area (Å²) in [6, 6.07) is 6.35. The number of esters is 1. The third-order valence-electron chi connectivity index (χ3n) is 5.51. The Bertz CT molecular complexity index is 816. The smallest absolute Gasteiger partial charge is 0.342 e. The van der Waals surface area contributed by atoms with Gasteiger partial charge in [0.15, 0.2) is 16.4 Å². The van der Waals surface area contributed by atoms with Crippen LogP contribution in [0.4, 0.5) is 0 Å². The minimum atomic E-state index is -3.11. The van der Waals surface area contributed by atoms with Crippen molar-refractivity contribution in [3.8, 4) is 5.75 Å². The van der Waals surface area contributed by atoms with Crippen molar-refractivity contribution in [3.63, 3.8) is 0 Å². The molecule has 0 bridgehead atoms. The highest BCUT2D eigenvalue weighted by atomic mass is 32.2. The second-order valence-electron chi connectivity index (χ2n) is 7.43. The van der Waals surface area contributed by atoms with Crippen molar-refractivity contribution >= 4 is 21.7 Å². The SMILES string of the molecule is COc1ccccc1C(=O)OCC(=O)N(C1CCCCC1)[C@H]1CCS(=O)(=O)C1. The fourth-order valence-corrected chi connectivity index (χ4v) is 5.86. The number of hydrogen-bond acceptors (Lipinski definition) is 6. The highest BCUT2D eigenvalue weighted by Gasteiger charge is 2.38. The van der Waals surface area contributed by atoms with Crippen LogP contribution in [0.25, 0.3) is 0 Å². The van der Waals surface area contributed by atoms with Gasteiger partial charge in [-0.2, -0.15) is 0 Å². The molecule has 1 saturated heterocycles. The first-order chi connectivity index (χ1) is 13.4. The van der Waals surface area contributed by atoms with Gasteiger partial charge in [0.25, 0.3) is 5.91 Å². The summed E-state index contributed by atoms with van der Waals surface area (Å²) in [7, 11) is -1.65. The number of methoxy groups -OCH3 is 1. The number of nitrogens with zero attached hydrogens (tertiary/aromatic N) is 1. The Morgan fingerprint density at radius 1 is 1.07 bits per heavy atom. The summed E-state index contributed by atoms with van der Waals surface area (Å²) in [5.41, 5.74) is 0.255. The molecule has 1 saturated carbocycles. The highest BCUT2D eigenvalue weighted by molar-refractivity contribution is 7.91. The van der Waals surface area contributed by atoms with Crippen molar-refractivity contribution in [2.24, 2.45) is 0 Å². The molecular weight excluding hydrogens is 382 g/mol. The van der Waals surface area contributed by atoms with Gasteiger partial charge in [-0.3, -0.25) is 4.79 Å². The predicted molar refractivity (Wildman–Crippen MR) is 104 cm³/mol. The summed E-state index contributed by atoms with van der Waals surface area (Å²) >= 11 is 0. The van der Waals surface area contributed by atoms with Gasteiger partial charge in [-0.05, 0) is 31.4 Å². The third kappa shape index (κ3) is 4.84. The summed E-state index contributed by atoms with van der Waals surface area (Å²) in [6.07, 6.45) is 5.35. The summed E-state index contributed by atoms with van der Waals surface area (Å²) in [5.74, 6) is -0.470. The van der Waals surface area contributed by atoms with Gasteiger partial charge in [0.1, 0.15) is 11.3 Å². The molecule has 7 nitrogen and oxygen atoms in total. The Balaban J connectivity index is 1.69. The molecule has 1 atom stereocenters. The highest BCUT2D eigenvalue weighted by Crippen LogP contribution is 2.28. The van der Waals surface area contributed by atoms with Gasteiger partial charge < -0.3 is 14.4 Å². The molecule has 1 aromatic rings. The van der Waals surface area contributed by atoms with E-state index >= 15 is 0 Å². The first kappa shape index (κ1) is 20.6. The van der Waals surface area contributed by atoms with Gasteiger partial charge in [-0.25, -0.2) is 13.2 Å². The van der Waals surface area contributed by atoms with Crippen LogP contribution < -0.4 is 4.74 Å². The zero-order valence-corrected chi connectivity index (χ0v) is 16.9. The van der Waals surface area contributed by atoms with E-state index in [4.69, 9.17) is 9.47 Å². The maximum Gasteiger partial charge on any atom is 0.342 e. The van der Waals surface area contributed by atoms with Gasteiger partial charge in [0.2, 0.25) is 0 Å². The lowest BCUT2D eigenvalue weighted by Crippen LogP contribution is -2.50. The first-order valence-corrected chi connectivity index (χ1v) is 11.5. The molecule has 0 N–H and O–H groups in total. The molecule has 154 valence electrons. The summed E-state index contributed by atoms with van der Waals surface area (Å²) in [6.45, 7) is -0.399. The minimum absolute atomic E-state index is 0.00427. The maximum absolute atomic E-state index is 13.0. The van der Waals surface area contributed by atoms with Gasteiger partial charge in [0, 0.05) is 12.1 Å². The molecule has 2 aliphatic rings. The molecule has 1 aliphatic heterocycles. The molecule has 1 heterocycles. The molecule has 1 amide bonds. The topological polar surface area (TPSA) is 90.0 Å². The van der Waals surface area contributed by atoms with Gasteiger partial charge in [-0.1, -0.05) is 31.4 Å². The molecular formula is C20H27NO6S. The summed E-state index contributed by atoms with van der Waals surface area (Å²) in [5, 5.41) is 0. The number of hydrogen-bond donors (Lipinski definition) is 0. The van der Waals surface area contributed by atoms with Crippen LogP contribution in [0.5, 0.6) is 5.75 Å². The van der Waals surface area contributed by atoms with Crippen molar-refractivity contribution in [1.82, 2.24) is 4.90 Å². The predicted octanol–water partition coefficient (Wildman–Crippen LogP) is 2.20. The van der Waals surface area contributed by atoms with E-state index in [0.29, 0.717) is 12.2 Å². The zero-order valence-electron chi connectivity index (χ0n) is 16.1. The van der Waals surface area contributed by atoms with Gasteiger partial charge in [-0.15, -0.1) is 0 Å². The Morgan fingerprint density at radius 3 is 2.43 bits per heavy atom. The van der Waals surface area contributed by atoms with Crippen LogP contribution in [-0.4, -0.2) is 62.5 Å². The lowest BCUT2D eigenvalue weighted by molar-refractivity contribution is -0.140. The van der Waals surface area contributed by atoms with E-state index in [2.05, 4.69) is 0 Å². The normalized spacial score (nSPS) is 21.8. The molecule has 0 unspecified atom stereocenters. The third-order valence-corrected chi connectivity index (χ3v) is 7.26. The van der Waals surface area contributed by atoms with Crippen LogP contribution >= 0.6 is 0 Å². The van der Waals surface area contributed by atoms with Crippen LogP contribution in [-0.2, 0) is 19.4 Å². The van der Waals surface area contributed by atoms with Crippen LogP contribution in [0.2, 0.25) is 0 Å². The fourth-order valence-electron chi connectivity index (χ4n) is 4.15. The monoisotopic (exact) mass is 409 g/mol. The zero-order chi connectivity index (χ0) is 20.1. The summed E-state index contributed by atoms with van der Waals surface area (Å²) < 4.78 is 34.3. The number of carbonyl (C=O) groups excluding carboxylic acids is 2. The molecule has 1 aliphatic carbocycles. The van der Waals surface area contributed by atoms with Crippen molar-refractivity contribution in [3.05, 3.63) is 29.8 Å². The number of rotatable bonds is 6. The van der Waals surface area contributed by atoms with Crippen molar-refractivity contribution in [2.45, 2.75) is 50.6 Å². The van der Waals surface area contributed by atoms with E-state index in [9.17, 15) is 18.0 Å². The molecule has 0 spiro atoms. The van der Waals surface area contributed by atoms with Crippen molar-refractivity contribution in [1.29, 1.82) is 0 Å².